The molecule has 3 aromatic rings. The van der Waals surface area contributed by atoms with Crippen LogP contribution in [0.4, 0.5) is 5.69 Å². The van der Waals surface area contributed by atoms with E-state index in [0.29, 0.717) is 17.9 Å². The van der Waals surface area contributed by atoms with Crippen LogP contribution in [0, 0.1) is 0 Å². The molecule has 4 rings (SSSR count). The molecule has 26 heavy (non-hydrogen) atoms. The molecular weight excluding hydrogens is 348 g/mol. The summed E-state index contributed by atoms with van der Waals surface area (Å²) in [4.78, 5) is 13.8. The molecule has 0 radical (unpaired) electrons. The van der Waals surface area contributed by atoms with Gasteiger partial charge in [0.25, 0.3) is 5.91 Å². The molecule has 1 amide bonds. The van der Waals surface area contributed by atoms with Crippen molar-refractivity contribution in [2.24, 2.45) is 0 Å². The fourth-order valence-corrected chi connectivity index (χ4v) is 3.80. The number of carbonyl (C=O) groups excluding carboxylic acids is 1. The Labute approximate surface area is 155 Å². The van der Waals surface area contributed by atoms with E-state index in [1.807, 2.05) is 48.7 Å². The van der Waals surface area contributed by atoms with Crippen molar-refractivity contribution < 1.29 is 14.1 Å². The molecule has 0 bridgehead atoms. The van der Waals surface area contributed by atoms with Crippen molar-refractivity contribution in [1.82, 2.24) is 5.16 Å². The summed E-state index contributed by atoms with van der Waals surface area (Å²) in [6.07, 6.45) is 3.52. The maximum atomic E-state index is 12.8. The summed E-state index contributed by atoms with van der Waals surface area (Å²) in [5, 5.41) is 7.02. The first-order valence-corrected chi connectivity index (χ1v) is 9.54. The van der Waals surface area contributed by atoms with Gasteiger partial charge in [0.05, 0.1) is 12.8 Å². The summed E-state index contributed by atoms with van der Waals surface area (Å²) in [6, 6.07) is 13.6. The van der Waals surface area contributed by atoms with Gasteiger partial charge in [0, 0.05) is 16.0 Å². The Balaban J connectivity index is 1.66. The molecule has 1 aliphatic carbocycles. The van der Waals surface area contributed by atoms with E-state index in [-0.39, 0.29) is 5.91 Å². The van der Waals surface area contributed by atoms with Crippen LogP contribution in [0.3, 0.4) is 0 Å². The maximum absolute atomic E-state index is 12.8. The number of fused-ring (bicyclic) bond motifs is 3. The zero-order chi connectivity index (χ0) is 18.1. The van der Waals surface area contributed by atoms with Gasteiger partial charge in [-0.15, -0.1) is 11.8 Å². The van der Waals surface area contributed by atoms with Crippen LogP contribution in [0.1, 0.15) is 21.6 Å². The summed E-state index contributed by atoms with van der Waals surface area (Å²) in [6.45, 7) is 0. The first kappa shape index (κ1) is 16.7. The normalized spacial score (nSPS) is 12.2. The molecule has 1 heterocycles. The number of ether oxygens (including phenoxy) is 1. The van der Waals surface area contributed by atoms with Gasteiger partial charge < -0.3 is 14.6 Å². The quantitative estimate of drug-likeness (QED) is 0.692. The van der Waals surface area contributed by atoms with E-state index in [1.165, 1.54) is 0 Å². The average Bonchev–Trinajstić information content (AvgIpc) is 3.12. The van der Waals surface area contributed by atoms with Gasteiger partial charge in [-0.1, -0.05) is 17.3 Å². The minimum atomic E-state index is -0.242. The smallest absolute Gasteiger partial charge is 0.278 e. The second-order valence-corrected chi connectivity index (χ2v) is 6.86. The Morgan fingerprint density at radius 3 is 2.88 bits per heavy atom. The molecule has 0 spiro atoms. The van der Waals surface area contributed by atoms with Crippen LogP contribution in [0.15, 0.2) is 51.9 Å². The minimum absolute atomic E-state index is 0.242. The molecule has 132 valence electrons. The SMILES string of the molecule is COc1ccc2c(c1)CCc1c(C(=O)Nc3ccccc3SC)noc1-2. The highest BCUT2D eigenvalue weighted by Crippen LogP contribution is 2.37. The highest BCUT2D eigenvalue weighted by Gasteiger charge is 2.28. The van der Waals surface area contributed by atoms with Crippen LogP contribution in [0.2, 0.25) is 0 Å². The number of benzene rings is 2. The summed E-state index contributed by atoms with van der Waals surface area (Å²) in [7, 11) is 1.65. The molecule has 1 N–H and O–H groups in total. The second-order valence-electron chi connectivity index (χ2n) is 6.02. The van der Waals surface area contributed by atoms with Crippen LogP contribution in [-0.4, -0.2) is 24.4 Å². The van der Waals surface area contributed by atoms with Gasteiger partial charge in [0.2, 0.25) is 0 Å². The van der Waals surface area contributed by atoms with E-state index >= 15 is 0 Å². The largest absolute Gasteiger partial charge is 0.497 e. The van der Waals surface area contributed by atoms with Gasteiger partial charge >= 0.3 is 0 Å². The molecule has 1 aromatic heterocycles. The van der Waals surface area contributed by atoms with Crippen molar-refractivity contribution in [2.45, 2.75) is 17.7 Å². The third-order valence-corrected chi connectivity index (χ3v) is 5.36. The third-order valence-electron chi connectivity index (χ3n) is 4.56. The number of hydrogen-bond donors (Lipinski definition) is 1. The fraction of sp³-hybridized carbons (Fsp3) is 0.200. The lowest BCUT2D eigenvalue weighted by Crippen LogP contribution is -2.16. The highest BCUT2D eigenvalue weighted by molar-refractivity contribution is 7.98. The number of methoxy groups -OCH3 is 1. The van der Waals surface area contributed by atoms with E-state index in [9.17, 15) is 4.79 Å². The minimum Gasteiger partial charge on any atom is -0.497 e. The molecule has 0 saturated heterocycles. The number of thioether (sulfide) groups is 1. The van der Waals surface area contributed by atoms with Crippen molar-refractivity contribution in [3.05, 3.63) is 59.3 Å². The molecule has 2 aromatic carbocycles. The van der Waals surface area contributed by atoms with Gasteiger partial charge in [0.15, 0.2) is 11.5 Å². The van der Waals surface area contributed by atoms with Crippen LogP contribution in [0.5, 0.6) is 5.75 Å². The number of nitrogens with zero attached hydrogens (tertiary/aromatic N) is 1. The van der Waals surface area contributed by atoms with Crippen molar-refractivity contribution in [2.75, 3.05) is 18.7 Å². The Morgan fingerprint density at radius 1 is 1.23 bits per heavy atom. The van der Waals surface area contributed by atoms with Gasteiger partial charge in [-0.3, -0.25) is 4.79 Å². The van der Waals surface area contributed by atoms with Crippen LogP contribution < -0.4 is 10.1 Å². The summed E-state index contributed by atoms with van der Waals surface area (Å²) >= 11 is 1.59. The maximum Gasteiger partial charge on any atom is 0.278 e. The van der Waals surface area contributed by atoms with Crippen molar-refractivity contribution in [3.8, 4) is 17.1 Å². The zero-order valence-corrected chi connectivity index (χ0v) is 15.4. The number of nitrogens with one attached hydrogen (secondary N) is 1. The summed E-state index contributed by atoms with van der Waals surface area (Å²) in [5.74, 6) is 1.25. The van der Waals surface area contributed by atoms with E-state index in [0.717, 1.165) is 39.4 Å². The van der Waals surface area contributed by atoms with E-state index < -0.39 is 0 Å². The molecule has 5 nitrogen and oxygen atoms in total. The van der Waals surface area contributed by atoms with Crippen LogP contribution in [-0.2, 0) is 12.8 Å². The standard InChI is InChI=1S/C20H18N2O3S/c1-24-13-8-10-14-12(11-13)7-9-15-18(22-25-19(14)15)20(23)21-16-5-3-4-6-17(16)26-2/h3-6,8,10-11H,7,9H2,1-2H3,(H,21,23). The van der Waals surface area contributed by atoms with E-state index in [2.05, 4.69) is 10.5 Å². The molecule has 0 aliphatic heterocycles. The zero-order valence-electron chi connectivity index (χ0n) is 14.5. The predicted molar refractivity (Wildman–Crippen MR) is 102 cm³/mol. The number of amides is 1. The topological polar surface area (TPSA) is 64.4 Å². The molecule has 6 heteroatoms. The van der Waals surface area contributed by atoms with Gasteiger partial charge in [-0.25, -0.2) is 0 Å². The number of para-hydroxylation sites is 1. The van der Waals surface area contributed by atoms with Gasteiger partial charge in [-0.2, -0.15) is 0 Å². The van der Waals surface area contributed by atoms with Gasteiger partial charge in [-0.05, 0) is 55.0 Å². The van der Waals surface area contributed by atoms with E-state index in [1.54, 1.807) is 18.9 Å². The molecule has 0 atom stereocenters. The molecule has 0 fully saturated rings. The van der Waals surface area contributed by atoms with Crippen molar-refractivity contribution in [3.63, 3.8) is 0 Å². The average molecular weight is 366 g/mol. The third kappa shape index (κ3) is 2.86. The Bertz CT molecular complexity index is 981. The fourth-order valence-electron chi connectivity index (χ4n) is 3.25. The monoisotopic (exact) mass is 366 g/mol. The molecule has 1 aliphatic rings. The number of aryl methyl sites for hydroxylation is 1. The lowest BCUT2D eigenvalue weighted by Gasteiger charge is -2.16. The number of anilines is 1. The Morgan fingerprint density at radius 2 is 2.08 bits per heavy atom. The number of rotatable bonds is 4. The second kappa shape index (κ2) is 6.88. The summed E-state index contributed by atoms with van der Waals surface area (Å²) < 4.78 is 10.8. The highest BCUT2D eigenvalue weighted by atomic mass is 32.2. The molecule has 0 unspecified atom stereocenters. The molecular formula is C20H18N2O3S. The van der Waals surface area contributed by atoms with Crippen molar-refractivity contribution >= 4 is 23.4 Å². The Kier molecular flexibility index (Phi) is 4.42. The van der Waals surface area contributed by atoms with Crippen LogP contribution >= 0.6 is 11.8 Å². The lowest BCUT2D eigenvalue weighted by atomic mass is 9.89. The van der Waals surface area contributed by atoms with E-state index in [4.69, 9.17) is 9.26 Å². The first-order valence-electron chi connectivity index (χ1n) is 8.31. The summed E-state index contributed by atoms with van der Waals surface area (Å²) in [5.41, 5.74) is 4.12. The number of carbonyl (C=O) groups is 1. The Hall–Kier alpha value is -2.73. The number of hydrogen-bond acceptors (Lipinski definition) is 5. The first-order chi connectivity index (χ1) is 12.7. The molecule has 0 saturated carbocycles. The van der Waals surface area contributed by atoms with Gasteiger partial charge in [0.1, 0.15) is 5.75 Å². The van der Waals surface area contributed by atoms with Crippen molar-refractivity contribution in [1.29, 1.82) is 0 Å². The number of aromatic nitrogens is 1. The predicted octanol–water partition coefficient (Wildman–Crippen LogP) is 4.42. The lowest BCUT2D eigenvalue weighted by molar-refractivity contribution is 0.101. The van der Waals surface area contributed by atoms with Crippen LogP contribution in [0.25, 0.3) is 11.3 Å².